The Morgan fingerprint density at radius 3 is 2.60 bits per heavy atom. The molecule has 0 fully saturated rings. The molecule has 35 heavy (non-hydrogen) atoms. The van der Waals surface area contributed by atoms with E-state index in [-0.39, 0.29) is 11.4 Å². The van der Waals surface area contributed by atoms with E-state index < -0.39 is 17.6 Å². The third-order valence-corrected chi connectivity index (χ3v) is 5.70. The van der Waals surface area contributed by atoms with Crippen molar-refractivity contribution in [3.05, 3.63) is 70.7 Å². The van der Waals surface area contributed by atoms with Gasteiger partial charge in [-0.15, -0.1) is 0 Å². The number of methoxy groups -OCH3 is 2. The number of hydrazone groups is 1. The van der Waals surface area contributed by atoms with Crippen molar-refractivity contribution in [3.63, 3.8) is 0 Å². The Kier molecular flexibility index (Phi) is 6.72. The Bertz CT molecular complexity index is 1280. The Morgan fingerprint density at radius 2 is 1.89 bits per heavy atom. The molecule has 4 rings (SSSR count). The monoisotopic (exact) mass is 487 g/mol. The van der Waals surface area contributed by atoms with E-state index in [0.717, 1.165) is 18.6 Å². The highest BCUT2D eigenvalue weighted by Crippen LogP contribution is 2.34. The minimum atomic E-state index is -4.45. The fraction of sp³-hybridized carbons (Fsp3) is 0.280. The number of rotatable bonds is 6. The highest BCUT2D eigenvalue weighted by atomic mass is 19.4. The second-order valence-corrected chi connectivity index (χ2v) is 7.98. The van der Waals surface area contributed by atoms with E-state index in [2.05, 4.69) is 15.8 Å². The number of nitrogens with zero attached hydrogens (tertiary/aromatic N) is 1. The maximum Gasteiger partial charge on any atom is 0.416 e. The van der Waals surface area contributed by atoms with Gasteiger partial charge in [-0.05, 0) is 50.1 Å². The first kappa shape index (κ1) is 24.2. The molecule has 0 aliphatic heterocycles. The largest absolute Gasteiger partial charge is 0.497 e. The van der Waals surface area contributed by atoms with E-state index >= 15 is 0 Å². The van der Waals surface area contributed by atoms with Crippen molar-refractivity contribution >= 4 is 23.0 Å². The van der Waals surface area contributed by atoms with Gasteiger partial charge in [-0.1, -0.05) is 6.07 Å². The summed E-state index contributed by atoms with van der Waals surface area (Å²) in [6, 6.07) is 9.85. The Morgan fingerprint density at radius 1 is 1.09 bits per heavy atom. The third-order valence-electron chi connectivity index (χ3n) is 5.70. The zero-order chi connectivity index (χ0) is 25.2. The molecular formula is C25H24F3N3O4. The lowest BCUT2D eigenvalue weighted by Crippen LogP contribution is -2.15. The first-order valence-electron chi connectivity index (χ1n) is 10.9. The van der Waals surface area contributed by atoms with Gasteiger partial charge in [0, 0.05) is 23.6 Å². The Labute approximate surface area is 199 Å². The fourth-order valence-electron chi connectivity index (χ4n) is 3.98. The zero-order valence-electron chi connectivity index (χ0n) is 19.4. The minimum absolute atomic E-state index is 0.133. The molecule has 2 N–H and O–H groups in total. The topological polar surface area (TPSA) is 85.1 Å². The number of nitrogens with one attached hydrogen (secondary N) is 2. The van der Waals surface area contributed by atoms with Crippen molar-refractivity contribution in [3.8, 4) is 11.5 Å². The summed E-state index contributed by atoms with van der Waals surface area (Å²) in [5, 5.41) is 7.15. The molecule has 1 amide bonds. The molecule has 0 bridgehead atoms. The van der Waals surface area contributed by atoms with Crippen LogP contribution in [-0.2, 0) is 12.6 Å². The zero-order valence-corrected chi connectivity index (χ0v) is 19.4. The van der Waals surface area contributed by atoms with Gasteiger partial charge in [0.2, 0.25) is 0 Å². The first-order chi connectivity index (χ1) is 16.7. The molecule has 1 aliphatic carbocycles. The quantitative estimate of drug-likeness (QED) is 0.415. The molecule has 184 valence electrons. The average molecular weight is 487 g/mol. The summed E-state index contributed by atoms with van der Waals surface area (Å²) >= 11 is 0. The van der Waals surface area contributed by atoms with E-state index in [1.165, 1.54) is 26.4 Å². The number of carbonyl (C=O) groups excluding carboxylic acids is 1. The molecule has 0 saturated carbocycles. The molecule has 0 saturated heterocycles. The Hall–Kier alpha value is -3.95. The van der Waals surface area contributed by atoms with Crippen LogP contribution in [0.1, 0.15) is 45.8 Å². The van der Waals surface area contributed by atoms with Crippen LogP contribution in [0.3, 0.4) is 0 Å². The molecule has 10 heteroatoms. The molecular weight excluding hydrogens is 463 g/mol. The van der Waals surface area contributed by atoms with Gasteiger partial charge in [0.1, 0.15) is 17.3 Å². The van der Waals surface area contributed by atoms with Crippen molar-refractivity contribution < 1.29 is 31.9 Å². The van der Waals surface area contributed by atoms with Crippen LogP contribution < -0.4 is 20.2 Å². The van der Waals surface area contributed by atoms with Crippen molar-refractivity contribution in [2.45, 2.75) is 32.4 Å². The van der Waals surface area contributed by atoms with Gasteiger partial charge < -0.3 is 19.2 Å². The molecule has 0 spiro atoms. The first-order valence-corrected chi connectivity index (χ1v) is 10.9. The van der Waals surface area contributed by atoms with Crippen molar-refractivity contribution in [1.29, 1.82) is 0 Å². The normalized spacial score (nSPS) is 14.4. The lowest BCUT2D eigenvalue weighted by molar-refractivity contribution is -0.137. The van der Waals surface area contributed by atoms with E-state index in [9.17, 15) is 18.0 Å². The van der Waals surface area contributed by atoms with Crippen LogP contribution in [0, 0.1) is 6.92 Å². The molecule has 0 atom stereocenters. The van der Waals surface area contributed by atoms with Gasteiger partial charge in [-0.2, -0.15) is 18.3 Å². The van der Waals surface area contributed by atoms with Crippen LogP contribution >= 0.6 is 0 Å². The van der Waals surface area contributed by atoms with Crippen LogP contribution in [0.5, 0.6) is 11.5 Å². The van der Waals surface area contributed by atoms with Crippen LogP contribution in [0.2, 0.25) is 0 Å². The smallest absolute Gasteiger partial charge is 0.416 e. The highest BCUT2D eigenvalue weighted by molar-refractivity contribution is 6.09. The number of amides is 1. The summed E-state index contributed by atoms with van der Waals surface area (Å²) in [5.41, 5.74) is 4.49. The average Bonchev–Trinajstić information content (AvgIpc) is 3.19. The fourth-order valence-corrected chi connectivity index (χ4v) is 3.98. The van der Waals surface area contributed by atoms with Gasteiger partial charge in [0.05, 0.1) is 36.9 Å². The summed E-state index contributed by atoms with van der Waals surface area (Å²) in [7, 11) is 3.01. The van der Waals surface area contributed by atoms with Gasteiger partial charge in [0.15, 0.2) is 5.76 Å². The number of alkyl halides is 3. The number of anilines is 2. The Balaban J connectivity index is 1.60. The van der Waals surface area contributed by atoms with Crippen LogP contribution in [0.15, 0.2) is 52.0 Å². The molecule has 7 nitrogen and oxygen atoms in total. The summed E-state index contributed by atoms with van der Waals surface area (Å²) in [4.78, 5) is 13.1. The second-order valence-electron chi connectivity index (χ2n) is 7.98. The van der Waals surface area contributed by atoms with E-state index in [0.29, 0.717) is 52.6 Å². The van der Waals surface area contributed by atoms with E-state index in [1.807, 2.05) is 0 Å². The van der Waals surface area contributed by atoms with Crippen LogP contribution in [0.4, 0.5) is 24.5 Å². The van der Waals surface area contributed by atoms with Gasteiger partial charge >= 0.3 is 6.18 Å². The molecule has 0 radical (unpaired) electrons. The number of halogens is 3. The van der Waals surface area contributed by atoms with E-state index in [1.54, 1.807) is 25.1 Å². The molecule has 1 aliphatic rings. The number of fused-ring (bicyclic) bond motifs is 1. The molecule has 0 unspecified atom stereocenters. The maximum absolute atomic E-state index is 13.1. The minimum Gasteiger partial charge on any atom is -0.497 e. The van der Waals surface area contributed by atoms with Gasteiger partial charge in [0.25, 0.3) is 5.91 Å². The van der Waals surface area contributed by atoms with Crippen molar-refractivity contribution in [2.75, 3.05) is 25.0 Å². The number of ether oxygens (including phenoxy) is 2. The molecule has 2 aromatic carbocycles. The summed E-state index contributed by atoms with van der Waals surface area (Å²) in [6.07, 6.45) is -2.51. The summed E-state index contributed by atoms with van der Waals surface area (Å²) in [5.74, 6) is 1.29. The number of carbonyl (C=O) groups is 1. The maximum atomic E-state index is 13.1. The highest BCUT2D eigenvalue weighted by Gasteiger charge is 2.31. The molecule has 3 aromatic rings. The number of hydrogen-bond donors (Lipinski definition) is 2. The summed E-state index contributed by atoms with van der Waals surface area (Å²) in [6.45, 7) is 1.76. The van der Waals surface area contributed by atoms with Gasteiger partial charge in [-0.25, -0.2) is 0 Å². The summed E-state index contributed by atoms with van der Waals surface area (Å²) < 4.78 is 55.5. The number of aryl methyl sites for hydroxylation is 1. The van der Waals surface area contributed by atoms with E-state index in [4.69, 9.17) is 13.9 Å². The predicted molar refractivity (Wildman–Crippen MR) is 125 cm³/mol. The molecule has 1 heterocycles. The lowest BCUT2D eigenvalue weighted by atomic mass is 9.93. The lowest BCUT2D eigenvalue weighted by Gasteiger charge is -2.14. The third kappa shape index (κ3) is 5.11. The molecule has 1 aromatic heterocycles. The second kappa shape index (κ2) is 9.73. The number of benzene rings is 2. The predicted octanol–water partition coefficient (Wildman–Crippen LogP) is 6.03. The van der Waals surface area contributed by atoms with Crippen LogP contribution in [-0.4, -0.2) is 25.8 Å². The SMILES string of the molecule is COc1ccc(OC)c(NC(=O)c2oc3c(c2C)/C(=N/Nc2cccc(C(F)(F)F)c2)CCC3)c1. The van der Waals surface area contributed by atoms with Crippen molar-refractivity contribution in [1.82, 2.24) is 0 Å². The van der Waals surface area contributed by atoms with Gasteiger partial charge in [-0.3, -0.25) is 10.2 Å². The number of hydrogen-bond acceptors (Lipinski definition) is 6. The standard InChI is InChI=1S/C25H24F3N3O4/c1-14-22-18(31-30-16-7-4-6-15(12-16)25(26,27)28)8-5-9-21(22)35-23(14)24(32)29-19-13-17(33-2)10-11-20(19)34-3/h4,6-7,10-13,30H,5,8-9H2,1-3H3,(H,29,32)/b31-18+. The van der Waals surface area contributed by atoms with Crippen molar-refractivity contribution in [2.24, 2.45) is 5.10 Å². The number of furan rings is 1. The van der Waals surface area contributed by atoms with Crippen LogP contribution in [0.25, 0.3) is 0 Å².